The number of carbonyl (C=O) groups is 1. The number of ether oxygens (including phenoxy) is 2. The van der Waals surface area contributed by atoms with E-state index in [9.17, 15) is 4.79 Å². The van der Waals surface area contributed by atoms with Crippen molar-refractivity contribution in [2.45, 2.75) is 65.9 Å². The number of carbonyl (C=O) groups excluding carboxylic acids is 1. The van der Waals surface area contributed by atoms with Crippen LogP contribution < -0.4 is 0 Å². The average molecular weight is 330 g/mol. The van der Waals surface area contributed by atoms with Gasteiger partial charge in [-0.2, -0.15) is 0 Å². The minimum Gasteiger partial charge on any atom is -0.466 e. The normalized spacial score (nSPS) is 43.0. The van der Waals surface area contributed by atoms with E-state index in [1.165, 1.54) is 31.9 Å². The lowest BCUT2D eigenvalue weighted by Crippen LogP contribution is -2.55. The lowest BCUT2D eigenvalue weighted by atomic mass is 9.43. The summed E-state index contributed by atoms with van der Waals surface area (Å²) in [5, 5.41) is 0. The maximum absolute atomic E-state index is 12.3. The molecular formula is C21H30O3. The van der Waals surface area contributed by atoms with Crippen LogP contribution in [0.4, 0.5) is 0 Å². The summed E-state index contributed by atoms with van der Waals surface area (Å²) in [6, 6.07) is 0. The maximum Gasteiger partial charge on any atom is 0.334 e. The molecule has 0 spiro atoms. The molecule has 0 aromatic heterocycles. The molecule has 1 aliphatic heterocycles. The molecule has 0 radical (unpaired) electrons. The Bertz CT molecular complexity index is 656. The molecule has 3 nitrogen and oxygen atoms in total. The fourth-order valence-corrected chi connectivity index (χ4v) is 6.67. The Morgan fingerprint density at radius 1 is 1.25 bits per heavy atom. The summed E-state index contributed by atoms with van der Waals surface area (Å²) >= 11 is 0. The van der Waals surface area contributed by atoms with E-state index in [4.69, 9.17) is 9.47 Å². The van der Waals surface area contributed by atoms with E-state index in [0.29, 0.717) is 24.4 Å². The smallest absolute Gasteiger partial charge is 0.334 e. The molecule has 4 rings (SSSR count). The van der Waals surface area contributed by atoms with E-state index in [1.54, 1.807) is 5.57 Å². The first-order valence-corrected chi connectivity index (χ1v) is 9.38. The SMILES string of the molecule is COC(=O)C1=C2CO[C@@H]3CC4C(C)(C)CCC[C@]4(C)C(=CC1)[C@]23C. The summed E-state index contributed by atoms with van der Waals surface area (Å²) in [5.74, 6) is 0.476. The molecule has 4 aliphatic rings. The van der Waals surface area contributed by atoms with Crippen LogP contribution in [0.5, 0.6) is 0 Å². The van der Waals surface area contributed by atoms with Gasteiger partial charge in [-0.25, -0.2) is 4.79 Å². The van der Waals surface area contributed by atoms with Crippen LogP contribution in [0.25, 0.3) is 0 Å². The van der Waals surface area contributed by atoms with Gasteiger partial charge in [0, 0.05) is 11.0 Å². The predicted molar refractivity (Wildman–Crippen MR) is 93.4 cm³/mol. The molecule has 3 aliphatic carbocycles. The zero-order valence-corrected chi connectivity index (χ0v) is 15.7. The minimum atomic E-state index is -0.179. The van der Waals surface area contributed by atoms with E-state index in [1.807, 2.05) is 0 Å². The Morgan fingerprint density at radius 3 is 2.71 bits per heavy atom. The Morgan fingerprint density at radius 2 is 2.00 bits per heavy atom. The molecule has 0 N–H and O–H groups in total. The van der Waals surface area contributed by atoms with Crippen molar-refractivity contribution in [2.24, 2.45) is 22.2 Å². The highest BCUT2D eigenvalue weighted by molar-refractivity contribution is 5.91. The average Bonchev–Trinajstić information content (AvgIpc) is 2.85. The molecule has 1 saturated heterocycles. The maximum atomic E-state index is 12.3. The molecule has 132 valence electrons. The highest BCUT2D eigenvalue weighted by atomic mass is 16.5. The largest absolute Gasteiger partial charge is 0.466 e. The number of hydrogen-bond acceptors (Lipinski definition) is 3. The van der Waals surface area contributed by atoms with Crippen LogP contribution in [0.2, 0.25) is 0 Å². The van der Waals surface area contributed by atoms with Gasteiger partial charge in [-0.05, 0) is 54.9 Å². The number of fused-ring (bicyclic) bond motifs is 2. The Kier molecular flexibility index (Phi) is 3.39. The van der Waals surface area contributed by atoms with Crippen LogP contribution >= 0.6 is 0 Å². The third-order valence-corrected chi connectivity index (χ3v) is 7.86. The van der Waals surface area contributed by atoms with Crippen LogP contribution in [-0.4, -0.2) is 25.8 Å². The summed E-state index contributed by atoms with van der Waals surface area (Å²) in [6.45, 7) is 10.3. The van der Waals surface area contributed by atoms with Gasteiger partial charge in [-0.15, -0.1) is 0 Å². The second-order valence-corrected chi connectivity index (χ2v) is 9.32. The minimum absolute atomic E-state index is 0.111. The Labute approximate surface area is 145 Å². The Balaban J connectivity index is 1.85. The Hall–Kier alpha value is -1.09. The topological polar surface area (TPSA) is 35.5 Å². The lowest BCUT2D eigenvalue weighted by molar-refractivity contribution is -0.136. The van der Waals surface area contributed by atoms with Crippen LogP contribution in [0.15, 0.2) is 22.8 Å². The van der Waals surface area contributed by atoms with E-state index in [2.05, 4.69) is 33.8 Å². The van der Waals surface area contributed by atoms with Gasteiger partial charge in [0.25, 0.3) is 0 Å². The summed E-state index contributed by atoms with van der Waals surface area (Å²) in [7, 11) is 1.48. The molecule has 0 aromatic rings. The molecule has 24 heavy (non-hydrogen) atoms. The zero-order valence-electron chi connectivity index (χ0n) is 15.7. The molecule has 3 heteroatoms. The second-order valence-electron chi connectivity index (χ2n) is 9.32. The van der Waals surface area contributed by atoms with Gasteiger partial charge in [0.05, 0.1) is 19.8 Å². The van der Waals surface area contributed by atoms with Crippen molar-refractivity contribution in [3.63, 3.8) is 0 Å². The van der Waals surface area contributed by atoms with Crippen LogP contribution in [0.3, 0.4) is 0 Å². The summed E-state index contributed by atoms with van der Waals surface area (Å²) < 4.78 is 11.3. The molecule has 1 unspecified atom stereocenters. The molecule has 0 bridgehead atoms. The number of allylic oxidation sites excluding steroid dienone is 1. The predicted octanol–water partition coefficient (Wildman–Crippen LogP) is 4.43. The first-order chi connectivity index (χ1) is 11.2. The van der Waals surface area contributed by atoms with Crippen molar-refractivity contribution in [1.29, 1.82) is 0 Å². The monoisotopic (exact) mass is 330 g/mol. The number of esters is 1. The lowest BCUT2D eigenvalue weighted by Gasteiger charge is -2.61. The zero-order chi connectivity index (χ0) is 17.3. The fraction of sp³-hybridized carbons (Fsp3) is 0.762. The van der Waals surface area contributed by atoms with Crippen molar-refractivity contribution >= 4 is 5.97 Å². The van der Waals surface area contributed by atoms with Crippen molar-refractivity contribution < 1.29 is 14.3 Å². The molecule has 3 fully saturated rings. The van der Waals surface area contributed by atoms with Crippen molar-refractivity contribution in [2.75, 3.05) is 13.7 Å². The third kappa shape index (κ3) is 1.85. The van der Waals surface area contributed by atoms with Gasteiger partial charge in [0.1, 0.15) is 0 Å². The van der Waals surface area contributed by atoms with Crippen LogP contribution in [0.1, 0.15) is 59.8 Å². The standard InChI is InChI=1S/C21H30O3/c1-19(2)9-6-10-20(3)15-8-7-13(18(22)23-5)14-12-24-17(11-16(19)20)21(14,15)4/h8,16-17H,6-7,9-12H2,1-5H3/t16?,17-,20-,21+/m1/s1. The second kappa shape index (κ2) is 4.97. The van der Waals surface area contributed by atoms with Crippen molar-refractivity contribution in [3.05, 3.63) is 22.8 Å². The summed E-state index contributed by atoms with van der Waals surface area (Å²) in [4.78, 5) is 12.3. The van der Waals surface area contributed by atoms with Gasteiger partial charge in [0.2, 0.25) is 0 Å². The molecule has 0 aromatic carbocycles. The quantitative estimate of drug-likeness (QED) is 0.527. The number of methoxy groups -OCH3 is 1. The van der Waals surface area contributed by atoms with E-state index < -0.39 is 0 Å². The highest BCUT2D eigenvalue weighted by Crippen LogP contribution is 2.68. The van der Waals surface area contributed by atoms with E-state index in [0.717, 1.165) is 12.0 Å². The fourth-order valence-electron chi connectivity index (χ4n) is 6.67. The molecule has 0 amide bonds. The van der Waals surface area contributed by atoms with Gasteiger partial charge in [0.15, 0.2) is 0 Å². The summed E-state index contributed by atoms with van der Waals surface area (Å²) in [5.41, 5.74) is 4.05. The molecular weight excluding hydrogens is 300 g/mol. The third-order valence-electron chi connectivity index (χ3n) is 7.86. The van der Waals surface area contributed by atoms with Crippen molar-refractivity contribution in [1.82, 2.24) is 0 Å². The van der Waals surface area contributed by atoms with Crippen LogP contribution in [0, 0.1) is 22.2 Å². The molecule has 1 heterocycles. The van der Waals surface area contributed by atoms with Gasteiger partial charge >= 0.3 is 5.97 Å². The number of rotatable bonds is 1. The van der Waals surface area contributed by atoms with Crippen LogP contribution in [-0.2, 0) is 14.3 Å². The first kappa shape index (κ1) is 16.4. The van der Waals surface area contributed by atoms with E-state index >= 15 is 0 Å². The molecule has 4 atom stereocenters. The van der Waals surface area contributed by atoms with Gasteiger partial charge in [-0.3, -0.25) is 0 Å². The van der Waals surface area contributed by atoms with E-state index in [-0.39, 0.29) is 22.9 Å². The number of hydrogen-bond donors (Lipinski definition) is 0. The highest BCUT2D eigenvalue weighted by Gasteiger charge is 2.63. The summed E-state index contributed by atoms with van der Waals surface area (Å²) in [6.07, 6.45) is 8.22. The van der Waals surface area contributed by atoms with Gasteiger partial charge in [-0.1, -0.05) is 38.8 Å². The van der Waals surface area contributed by atoms with Gasteiger partial charge < -0.3 is 9.47 Å². The van der Waals surface area contributed by atoms with Crippen molar-refractivity contribution in [3.8, 4) is 0 Å². The first-order valence-electron chi connectivity index (χ1n) is 9.38. The molecule has 2 saturated carbocycles.